The van der Waals surface area contributed by atoms with Crippen LogP contribution in [0.1, 0.15) is 46.0 Å². The van der Waals surface area contributed by atoms with Crippen molar-refractivity contribution in [3.63, 3.8) is 0 Å². The molecule has 0 aromatic rings. The van der Waals surface area contributed by atoms with Gasteiger partial charge < -0.3 is 25.2 Å². The number of allylic oxidation sites excluding steroid dienone is 3. The second-order valence-corrected chi connectivity index (χ2v) is 7.54. The maximum absolute atomic E-state index is 12.0. The molecule has 0 bridgehead atoms. The van der Waals surface area contributed by atoms with Gasteiger partial charge >= 0.3 is 5.97 Å². The summed E-state index contributed by atoms with van der Waals surface area (Å²) in [4.78, 5) is 12.0. The van der Waals surface area contributed by atoms with Crippen molar-refractivity contribution in [2.45, 2.75) is 69.9 Å². The Morgan fingerprint density at radius 3 is 2.62 bits per heavy atom. The largest absolute Gasteiger partial charge is 0.455 e. The van der Waals surface area contributed by atoms with E-state index >= 15 is 0 Å². The van der Waals surface area contributed by atoms with E-state index in [0.717, 1.165) is 18.4 Å². The molecule has 1 heterocycles. The molecule has 6 heteroatoms. The highest BCUT2D eigenvalue weighted by Gasteiger charge is 2.46. The van der Waals surface area contributed by atoms with E-state index < -0.39 is 42.4 Å². The lowest BCUT2D eigenvalue weighted by molar-refractivity contribution is -0.144. The van der Waals surface area contributed by atoms with Crippen molar-refractivity contribution < 1.29 is 30.0 Å². The molecule has 0 aromatic carbocycles. The summed E-state index contributed by atoms with van der Waals surface area (Å²) in [5.74, 6) is -1.23. The first-order chi connectivity index (χ1) is 12.2. The molecule has 6 nitrogen and oxygen atoms in total. The third kappa shape index (κ3) is 4.43. The standard InChI is InChI=1S/C20H30O6/c1-12-6-4-8-13(2)17(23)18-15(14(3)19(24)26-18)10-16(22)20(25,11-21)9-5-7-12/h7-8,15-18,21-23,25H,3-6,9-11H2,1-2H3/b12-7+,13-8+/t15-,16-,17-,18-,20+/m1/s1. The fourth-order valence-corrected chi connectivity index (χ4v) is 3.58. The number of aliphatic hydroxyl groups is 4. The quantitative estimate of drug-likeness (QED) is 0.317. The summed E-state index contributed by atoms with van der Waals surface area (Å²) in [5.41, 5.74) is 0.310. The Labute approximate surface area is 154 Å². The number of esters is 1. The number of ether oxygens (including phenoxy) is 1. The van der Waals surface area contributed by atoms with Gasteiger partial charge in [-0.1, -0.05) is 24.3 Å². The van der Waals surface area contributed by atoms with E-state index in [4.69, 9.17) is 4.74 Å². The molecule has 0 radical (unpaired) electrons. The van der Waals surface area contributed by atoms with E-state index in [9.17, 15) is 25.2 Å². The van der Waals surface area contributed by atoms with Crippen LogP contribution in [0.2, 0.25) is 0 Å². The summed E-state index contributed by atoms with van der Waals surface area (Å²) in [7, 11) is 0. The number of hydrogen-bond acceptors (Lipinski definition) is 6. The van der Waals surface area contributed by atoms with Gasteiger partial charge in [-0.3, -0.25) is 0 Å². The average molecular weight is 366 g/mol. The minimum atomic E-state index is -1.69. The fraction of sp³-hybridized carbons (Fsp3) is 0.650. The van der Waals surface area contributed by atoms with Crippen LogP contribution in [-0.2, 0) is 9.53 Å². The summed E-state index contributed by atoms with van der Waals surface area (Å²) in [6.45, 7) is 6.90. The van der Waals surface area contributed by atoms with Gasteiger partial charge in [0.25, 0.3) is 0 Å². The van der Waals surface area contributed by atoms with Gasteiger partial charge in [-0.15, -0.1) is 0 Å². The monoisotopic (exact) mass is 366 g/mol. The summed E-state index contributed by atoms with van der Waals surface area (Å²) in [6, 6.07) is 0. The maximum atomic E-state index is 12.0. The Morgan fingerprint density at radius 1 is 1.27 bits per heavy atom. The van der Waals surface area contributed by atoms with Crippen molar-refractivity contribution in [3.8, 4) is 0 Å². The second kappa shape index (κ2) is 8.48. The SMILES string of the molecule is C=C1C(=O)O[C@@H]2[C@@H]1C[C@@H](O)[C@@](O)(CO)CC/C=C(\C)CC/C=C(\C)[C@H]2O. The summed E-state index contributed by atoms with van der Waals surface area (Å²) in [5, 5.41) is 41.5. The van der Waals surface area contributed by atoms with E-state index in [1.807, 2.05) is 19.1 Å². The van der Waals surface area contributed by atoms with Crippen LogP contribution in [0.5, 0.6) is 0 Å². The lowest BCUT2D eigenvalue weighted by atomic mass is 9.80. The zero-order valence-corrected chi connectivity index (χ0v) is 15.5. The molecule has 0 unspecified atom stereocenters. The maximum Gasteiger partial charge on any atom is 0.334 e. The molecule has 0 amide bonds. The molecule has 0 saturated carbocycles. The summed E-state index contributed by atoms with van der Waals surface area (Å²) < 4.78 is 5.30. The summed E-state index contributed by atoms with van der Waals surface area (Å²) >= 11 is 0. The van der Waals surface area contributed by atoms with E-state index in [0.29, 0.717) is 12.0 Å². The highest BCUT2D eigenvalue weighted by Crippen LogP contribution is 2.37. The van der Waals surface area contributed by atoms with Crippen molar-refractivity contribution in [1.82, 2.24) is 0 Å². The van der Waals surface area contributed by atoms with Gasteiger partial charge in [0.1, 0.15) is 17.8 Å². The number of rotatable bonds is 1. The molecule has 26 heavy (non-hydrogen) atoms. The van der Waals surface area contributed by atoms with E-state index in [1.54, 1.807) is 6.92 Å². The van der Waals surface area contributed by atoms with Gasteiger partial charge in [-0.2, -0.15) is 0 Å². The van der Waals surface area contributed by atoms with Crippen molar-refractivity contribution >= 4 is 5.97 Å². The van der Waals surface area contributed by atoms with Crippen LogP contribution in [0.25, 0.3) is 0 Å². The van der Waals surface area contributed by atoms with Crippen LogP contribution < -0.4 is 0 Å². The molecule has 1 saturated heterocycles. The summed E-state index contributed by atoms with van der Waals surface area (Å²) in [6.07, 6.45) is 3.00. The lowest BCUT2D eigenvalue weighted by Crippen LogP contribution is -2.48. The number of carbonyl (C=O) groups excluding carboxylic acids is 1. The van der Waals surface area contributed by atoms with Crippen LogP contribution in [0.15, 0.2) is 35.5 Å². The topological polar surface area (TPSA) is 107 Å². The fourth-order valence-electron chi connectivity index (χ4n) is 3.58. The highest BCUT2D eigenvalue weighted by molar-refractivity contribution is 5.90. The van der Waals surface area contributed by atoms with Crippen molar-refractivity contribution in [2.24, 2.45) is 5.92 Å². The Hall–Kier alpha value is -1.47. The van der Waals surface area contributed by atoms with Gasteiger partial charge in [0, 0.05) is 11.5 Å². The third-order valence-corrected chi connectivity index (χ3v) is 5.57. The number of carbonyl (C=O) groups is 1. The Morgan fingerprint density at radius 2 is 1.96 bits per heavy atom. The van der Waals surface area contributed by atoms with E-state index in [1.165, 1.54) is 0 Å². The van der Waals surface area contributed by atoms with Crippen LogP contribution in [0, 0.1) is 5.92 Å². The zero-order chi connectivity index (χ0) is 19.5. The molecular formula is C20H30O6. The van der Waals surface area contributed by atoms with Gasteiger partial charge in [0.15, 0.2) is 0 Å². The predicted molar refractivity (Wildman–Crippen MR) is 97.2 cm³/mol. The number of hydrogen-bond donors (Lipinski definition) is 4. The molecule has 5 atom stereocenters. The zero-order valence-electron chi connectivity index (χ0n) is 15.5. The molecule has 1 aliphatic heterocycles. The third-order valence-electron chi connectivity index (χ3n) is 5.57. The van der Waals surface area contributed by atoms with Crippen LogP contribution in [-0.4, -0.2) is 56.9 Å². The number of aliphatic hydroxyl groups excluding tert-OH is 3. The molecule has 1 aliphatic carbocycles. The van der Waals surface area contributed by atoms with Crippen LogP contribution in [0.3, 0.4) is 0 Å². The minimum Gasteiger partial charge on any atom is -0.455 e. The Kier molecular flexibility index (Phi) is 6.80. The average Bonchev–Trinajstić information content (AvgIpc) is 2.88. The Bertz CT molecular complexity index is 607. The number of fused-ring (bicyclic) bond motifs is 1. The molecule has 1 fully saturated rings. The van der Waals surface area contributed by atoms with Crippen LogP contribution >= 0.6 is 0 Å². The first-order valence-electron chi connectivity index (χ1n) is 9.11. The van der Waals surface area contributed by atoms with Crippen LogP contribution in [0.4, 0.5) is 0 Å². The van der Waals surface area contributed by atoms with E-state index in [2.05, 4.69) is 6.58 Å². The van der Waals surface area contributed by atoms with Gasteiger partial charge in [-0.25, -0.2) is 4.79 Å². The first kappa shape index (κ1) is 20.8. The van der Waals surface area contributed by atoms with Gasteiger partial charge in [0.2, 0.25) is 0 Å². The second-order valence-electron chi connectivity index (χ2n) is 7.54. The molecule has 4 N–H and O–H groups in total. The molecular weight excluding hydrogens is 336 g/mol. The first-order valence-corrected chi connectivity index (χ1v) is 9.11. The highest BCUT2D eigenvalue weighted by atomic mass is 16.6. The molecule has 2 rings (SSSR count). The smallest absolute Gasteiger partial charge is 0.334 e. The molecule has 0 spiro atoms. The van der Waals surface area contributed by atoms with Crippen molar-refractivity contribution in [2.75, 3.05) is 6.61 Å². The predicted octanol–water partition coefficient (Wildman–Crippen LogP) is 1.39. The van der Waals surface area contributed by atoms with Gasteiger partial charge in [-0.05, 0) is 51.5 Å². The lowest BCUT2D eigenvalue weighted by Gasteiger charge is -2.34. The minimum absolute atomic E-state index is 0.0284. The normalized spacial score (nSPS) is 41.3. The van der Waals surface area contributed by atoms with E-state index in [-0.39, 0.29) is 18.4 Å². The molecule has 146 valence electrons. The van der Waals surface area contributed by atoms with Gasteiger partial charge in [0.05, 0.1) is 12.7 Å². The van der Waals surface area contributed by atoms with Crippen molar-refractivity contribution in [3.05, 3.63) is 35.5 Å². The molecule has 0 aromatic heterocycles. The Balaban J connectivity index is 2.35. The van der Waals surface area contributed by atoms with Crippen molar-refractivity contribution in [1.29, 1.82) is 0 Å². The molecule has 2 aliphatic rings.